The fourth-order valence-corrected chi connectivity index (χ4v) is 6.33. The predicted octanol–water partition coefficient (Wildman–Crippen LogP) is 1.77. The first-order valence-electron chi connectivity index (χ1n) is 13.8. The van der Waals surface area contributed by atoms with Crippen molar-refractivity contribution in [3.63, 3.8) is 0 Å². The van der Waals surface area contributed by atoms with Crippen LogP contribution in [0.3, 0.4) is 0 Å². The van der Waals surface area contributed by atoms with Gasteiger partial charge in [0, 0.05) is 30.0 Å². The number of ether oxygens (including phenoxy) is 1. The van der Waals surface area contributed by atoms with E-state index >= 15 is 0 Å². The number of aromatic hydroxyl groups is 1. The van der Waals surface area contributed by atoms with E-state index in [-0.39, 0.29) is 49.3 Å². The molecule has 0 heterocycles. The fraction of sp³-hybridized carbons (Fsp3) is 0.323. The van der Waals surface area contributed by atoms with Crippen molar-refractivity contribution in [3.8, 4) is 16.9 Å². The van der Waals surface area contributed by atoms with E-state index in [0.717, 1.165) is 0 Å². The molecule has 0 aliphatic heterocycles. The van der Waals surface area contributed by atoms with Gasteiger partial charge in [0.25, 0.3) is 11.8 Å². The smallest absolute Gasteiger partial charge is 0.307 e. The summed E-state index contributed by atoms with van der Waals surface area (Å²) >= 11 is 0. The Morgan fingerprint density at radius 1 is 1.09 bits per heavy atom. The Balaban J connectivity index is 1.52. The minimum Gasteiger partial charge on any atom is -0.508 e. The fourth-order valence-electron chi connectivity index (χ4n) is 6.33. The summed E-state index contributed by atoms with van der Waals surface area (Å²) in [6, 6.07) is 9.53. The van der Waals surface area contributed by atoms with Gasteiger partial charge < -0.3 is 36.2 Å². The number of ketones is 2. The zero-order chi connectivity index (χ0) is 31.2. The standard InChI is InChI=1S/C31H30N2O10/c1-2-43-22(36)8-9-33-30(41)15-5-3-4-14(10-15)18-6-7-20(34)24-19(18)12-16-11-17-13-21(35)25(29(32)40)28(39)31(17,42)27(38)23(16)26(24)37/h3-7,10,16-17,34,37,39,42H,2,8-9,11-13H2,1H3,(H2,32,40)(H,33,41)/t16?,17-,31-/m0/s1. The van der Waals surface area contributed by atoms with Crippen molar-refractivity contribution in [1.29, 1.82) is 0 Å². The maximum absolute atomic E-state index is 13.7. The summed E-state index contributed by atoms with van der Waals surface area (Å²) in [6.45, 7) is 2.00. The molecule has 0 saturated heterocycles. The van der Waals surface area contributed by atoms with Crippen molar-refractivity contribution in [1.82, 2.24) is 5.32 Å². The molecule has 3 atom stereocenters. The van der Waals surface area contributed by atoms with Crippen LogP contribution in [0.25, 0.3) is 16.9 Å². The summed E-state index contributed by atoms with van der Waals surface area (Å²) in [5.74, 6) is -7.86. The number of benzene rings is 2. The lowest BCUT2D eigenvalue weighted by Crippen LogP contribution is -2.58. The molecule has 1 unspecified atom stereocenters. The Kier molecular flexibility index (Phi) is 7.57. The number of nitrogens with one attached hydrogen (secondary N) is 1. The summed E-state index contributed by atoms with van der Waals surface area (Å²) in [6.07, 6.45) is -0.283. The summed E-state index contributed by atoms with van der Waals surface area (Å²) in [5.41, 5.74) is 3.36. The molecule has 0 aromatic heterocycles. The van der Waals surface area contributed by atoms with Crippen LogP contribution < -0.4 is 11.1 Å². The highest BCUT2D eigenvalue weighted by atomic mass is 16.5. The van der Waals surface area contributed by atoms with Gasteiger partial charge in [0.2, 0.25) is 5.78 Å². The number of aliphatic hydroxyl groups excluding tert-OH is 2. The lowest BCUT2D eigenvalue weighted by molar-refractivity contribution is -0.147. The quantitative estimate of drug-likeness (QED) is 0.203. The average molecular weight is 591 g/mol. The molecule has 0 spiro atoms. The Morgan fingerprint density at radius 3 is 2.53 bits per heavy atom. The molecular formula is C31H30N2O10. The number of phenols is 1. The molecule has 43 heavy (non-hydrogen) atoms. The van der Waals surface area contributed by atoms with Gasteiger partial charge in [-0.25, -0.2) is 0 Å². The largest absolute Gasteiger partial charge is 0.508 e. The summed E-state index contributed by atoms with van der Waals surface area (Å²) in [4.78, 5) is 62.4. The Morgan fingerprint density at radius 2 is 1.84 bits per heavy atom. The topological polar surface area (TPSA) is 214 Å². The van der Waals surface area contributed by atoms with Gasteiger partial charge in [0.15, 0.2) is 11.4 Å². The second kappa shape index (κ2) is 11.0. The number of primary amides is 1. The van der Waals surface area contributed by atoms with Gasteiger partial charge in [-0.3, -0.25) is 24.0 Å². The van der Waals surface area contributed by atoms with E-state index in [0.29, 0.717) is 22.3 Å². The Labute approximate surface area is 245 Å². The molecule has 3 aliphatic carbocycles. The normalized spacial score (nSPS) is 22.8. The van der Waals surface area contributed by atoms with Gasteiger partial charge >= 0.3 is 5.97 Å². The van der Waals surface area contributed by atoms with Crippen LogP contribution in [0.15, 0.2) is 53.3 Å². The van der Waals surface area contributed by atoms with Crippen LogP contribution in [0.1, 0.15) is 47.7 Å². The van der Waals surface area contributed by atoms with Crippen molar-refractivity contribution in [2.24, 2.45) is 17.6 Å². The summed E-state index contributed by atoms with van der Waals surface area (Å²) < 4.78 is 4.86. The number of aliphatic hydroxyl groups is 3. The van der Waals surface area contributed by atoms with Crippen LogP contribution in [0.2, 0.25) is 0 Å². The Bertz CT molecular complexity index is 1660. The number of hydrogen-bond acceptors (Lipinski definition) is 10. The molecule has 3 aliphatic rings. The van der Waals surface area contributed by atoms with Gasteiger partial charge in [-0.2, -0.15) is 0 Å². The van der Waals surface area contributed by atoms with Crippen molar-refractivity contribution >= 4 is 35.1 Å². The van der Waals surface area contributed by atoms with Crippen LogP contribution >= 0.6 is 0 Å². The van der Waals surface area contributed by atoms with Crippen molar-refractivity contribution in [2.75, 3.05) is 13.2 Å². The van der Waals surface area contributed by atoms with Crippen LogP contribution in [0, 0.1) is 11.8 Å². The predicted molar refractivity (Wildman–Crippen MR) is 150 cm³/mol. The first kappa shape index (κ1) is 29.5. The third-order valence-corrected chi connectivity index (χ3v) is 8.30. The van der Waals surface area contributed by atoms with E-state index < -0.39 is 70.3 Å². The van der Waals surface area contributed by atoms with E-state index in [9.17, 15) is 44.4 Å². The monoisotopic (exact) mass is 590 g/mol. The van der Waals surface area contributed by atoms with E-state index in [4.69, 9.17) is 10.5 Å². The summed E-state index contributed by atoms with van der Waals surface area (Å²) in [5, 5.41) is 46.9. The number of rotatable bonds is 7. The maximum Gasteiger partial charge on any atom is 0.307 e. The molecule has 12 heteroatoms. The van der Waals surface area contributed by atoms with Gasteiger partial charge in [-0.05, 0) is 60.6 Å². The molecular weight excluding hydrogens is 560 g/mol. The average Bonchev–Trinajstić information content (AvgIpc) is 2.95. The number of esters is 1. The van der Waals surface area contributed by atoms with Crippen LogP contribution in [-0.2, 0) is 30.3 Å². The minimum absolute atomic E-state index is 0.000915. The van der Waals surface area contributed by atoms with Crippen molar-refractivity contribution < 1.29 is 49.1 Å². The molecule has 2 amide bonds. The highest BCUT2D eigenvalue weighted by Gasteiger charge is 2.60. The number of phenolic OH excluding ortho intramolecular Hbond substituents is 1. The third-order valence-electron chi connectivity index (χ3n) is 8.30. The SMILES string of the molecule is CCOC(=O)CCNC(=O)c1cccc(-c2ccc(O)c3c2CC2C[C@H]4CC(=O)C(C(N)=O)=C(O)[C@@]4(O)C(=O)C2=C3O)c1. The molecule has 224 valence electrons. The molecule has 12 nitrogen and oxygen atoms in total. The van der Waals surface area contributed by atoms with Crippen LogP contribution in [0.5, 0.6) is 5.75 Å². The molecule has 2 aromatic carbocycles. The maximum atomic E-state index is 13.7. The van der Waals surface area contributed by atoms with Crippen molar-refractivity contribution in [3.05, 3.63) is 70.0 Å². The van der Waals surface area contributed by atoms with Gasteiger partial charge in [0.1, 0.15) is 22.8 Å². The van der Waals surface area contributed by atoms with Crippen LogP contribution in [-0.4, -0.2) is 68.5 Å². The number of hydrogen-bond donors (Lipinski definition) is 6. The number of nitrogens with two attached hydrogens (primary N) is 1. The number of fused-ring (bicyclic) bond motifs is 3. The van der Waals surface area contributed by atoms with Gasteiger partial charge in [-0.1, -0.05) is 18.2 Å². The molecule has 0 bridgehead atoms. The molecule has 0 radical (unpaired) electrons. The van der Waals surface area contributed by atoms with E-state index in [1.54, 1.807) is 37.3 Å². The number of Topliss-reactive ketones (excluding diaryl/α,β-unsaturated/α-hetero) is 2. The lowest BCUT2D eigenvalue weighted by Gasteiger charge is -2.46. The minimum atomic E-state index is -2.64. The second-order valence-corrected chi connectivity index (χ2v) is 10.8. The van der Waals surface area contributed by atoms with E-state index in [2.05, 4.69) is 5.32 Å². The van der Waals surface area contributed by atoms with Gasteiger partial charge in [0.05, 0.1) is 18.6 Å². The third kappa shape index (κ3) is 4.83. The molecule has 7 N–H and O–H groups in total. The van der Waals surface area contributed by atoms with Crippen LogP contribution in [0.4, 0.5) is 0 Å². The lowest BCUT2D eigenvalue weighted by atomic mass is 9.59. The van der Waals surface area contributed by atoms with Crippen molar-refractivity contribution in [2.45, 2.75) is 38.2 Å². The van der Waals surface area contributed by atoms with E-state index in [1.807, 2.05) is 0 Å². The first-order valence-corrected chi connectivity index (χ1v) is 13.8. The number of carbonyl (C=O) groups excluding carboxylic acids is 5. The first-order chi connectivity index (χ1) is 20.4. The summed E-state index contributed by atoms with van der Waals surface area (Å²) in [7, 11) is 0. The Hall–Kier alpha value is -4.97. The zero-order valence-corrected chi connectivity index (χ0v) is 23.2. The highest BCUT2D eigenvalue weighted by molar-refractivity contribution is 6.22. The van der Waals surface area contributed by atoms with E-state index in [1.165, 1.54) is 6.07 Å². The highest BCUT2D eigenvalue weighted by Crippen LogP contribution is 2.53. The molecule has 1 saturated carbocycles. The zero-order valence-electron chi connectivity index (χ0n) is 23.2. The van der Waals surface area contributed by atoms with Gasteiger partial charge in [-0.15, -0.1) is 0 Å². The molecule has 5 rings (SSSR count). The number of amides is 2. The number of carbonyl (C=O) groups is 5. The second-order valence-electron chi connectivity index (χ2n) is 10.8. The molecule has 2 aromatic rings. The molecule has 1 fully saturated rings.